The second-order valence-electron chi connectivity index (χ2n) is 3.01. The SMILES string of the molecule is CC(C)[C@H]1CCC[S@@]1=O. The maximum atomic E-state index is 11.1. The molecule has 1 rings (SSSR count). The number of rotatable bonds is 1. The van der Waals surface area contributed by atoms with E-state index in [9.17, 15) is 4.21 Å². The third-order valence-corrected chi connectivity index (χ3v) is 4.06. The minimum atomic E-state index is -0.491. The summed E-state index contributed by atoms with van der Waals surface area (Å²) in [5.41, 5.74) is 0. The van der Waals surface area contributed by atoms with Gasteiger partial charge in [0, 0.05) is 21.8 Å². The van der Waals surface area contributed by atoms with Crippen LogP contribution in [0.25, 0.3) is 0 Å². The summed E-state index contributed by atoms with van der Waals surface area (Å²) >= 11 is 0. The molecule has 0 bridgehead atoms. The van der Waals surface area contributed by atoms with E-state index in [2.05, 4.69) is 13.8 Å². The van der Waals surface area contributed by atoms with Crippen LogP contribution in [0.5, 0.6) is 0 Å². The predicted molar refractivity (Wildman–Crippen MR) is 40.9 cm³/mol. The van der Waals surface area contributed by atoms with Crippen molar-refractivity contribution in [1.29, 1.82) is 0 Å². The molecule has 2 heteroatoms. The molecule has 2 atom stereocenters. The fraction of sp³-hybridized carbons (Fsp3) is 1.00. The minimum Gasteiger partial charge on any atom is -0.259 e. The number of hydrogen-bond acceptors (Lipinski definition) is 1. The van der Waals surface area contributed by atoms with E-state index >= 15 is 0 Å². The fourth-order valence-electron chi connectivity index (χ4n) is 1.35. The van der Waals surface area contributed by atoms with Crippen molar-refractivity contribution < 1.29 is 4.21 Å². The zero-order chi connectivity index (χ0) is 6.85. The second kappa shape index (κ2) is 2.82. The van der Waals surface area contributed by atoms with Crippen LogP contribution in [-0.2, 0) is 10.8 Å². The molecule has 0 amide bonds. The zero-order valence-corrected chi connectivity index (χ0v) is 6.91. The summed E-state index contributed by atoms with van der Waals surface area (Å²) in [6.07, 6.45) is 2.36. The Morgan fingerprint density at radius 2 is 2.22 bits per heavy atom. The van der Waals surface area contributed by atoms with Gasteiger partial charge in [-0.2, -0.15) is 0 Å². The molecule has 9 heavy (non-hydrogen) atoms. The highest BCUT2D eigenvalue weighted by molar-refractivity contribution is 7.85. The summed E-state index contributed by atoms with van der Waals surface area (Å²) in [4.78, 5) is 0. The first-order valence-corrected chi connectivity index (χ1v) is 4.97. The average Bonchev–Trinajstić information content (AvgIpc) is 2.13. The van der Waals surface area contributed by atoms with E-state index in [4.69, 9.17) is 0 Å². The Kier molecular flexibility index (Phi) is 2.28. The van der Waals surface area contributed by atoms with E-state index in [0.717, 1.165) is 5.75 Å². The minimum absolute atomic E-state index is 0.491. The first-order chi connectivity index (χ1) is 4.22. The fourth-order valence-corrected chi connectivity index (χ4v) is 3.14. The molecule has 1 aliphatic heterocycles. The van der Waals surface area contributed by atoms with Gasteiger partial charge in [-0.25, -0.2) is 0 Å². The predicted octanol–water partition coefficient (Wildman–Crippen LogP) is 1.55. The van der Waals surface area contributed by atoms with Crippen LogP contribution in [0.2, 0.25) is 0 Å². The molecule has 1 nitrogen and oxygen atoms in total. The van der Waals surface area contributed by atoms with Crippen molar-refractivity contribution in [2.75, 3.05) is 5.75 Å². The molecule has 0 aromatic rings. The summed E-state index contributed by atoms with van der Waals surface area (Å²) in [6, 6.07) is 0. The van der Waals surface area contributed by atoms with Gasteiger partial charge in [0.25, 0.3) is 0 Å². The Hall–Kier alpha value is 0.150. The smallest absolute Gasteiger partial charge is 0.0371 e. The Bertz CT molecular complexity index is 120. The van der Waals surface area contributed by atoms with Crippen molar-refractivity contribution in [3.8, 4) is 0 Å². The first kappa shape index (κ1) is 7.26. The van der Waals surface area contributed by atoms with Crippen molar-refractivity contribution in [2.45, 2.75) is 31.9 Å². The maximum absolute atomic E-state index is 11.1. The van der Waals surface area contributed by atoms with Crippen molar-refractivity contribution in [3.05, 3.63) is 0 Å². The summed E-state index contributed by atoms with van der Waals surface area (Å²) in [5.74, 6) is 1.57. The van der Waals surface area contributed by atoms with Gasteiger partial charge in [0.1, 0.15) is 0 Å². The van der Waals surface area contributed by atoms with Gasteiger partial charge in [0.05, 0.1) is 0 Å². The lowest BCUT2D eigenvalue weighted by Gasteiger charge is -2.10. The molecule has 1 heterocycles. The van der Waals surface area contributed by atoms with Gasteiger partial charge in [-0.3, -0.25) is 4.21 Å². The molecule has 1 fully saturated rings. The van der Waals surface area contributed by atoms with Crippen molar-refractivity contribution in [3.63, 3.8) is 0 Å². The van der Waals surface area contributed by atoms with Crippen LogP contribution < -0.4 is 0 Å². The summed E-state index contributed by atoms with van der Waals surface area (Å²) in [6.45, 7) is 4.32. The third-order valence-electron chi connectivity index (χ3n) is 1.92. The van der Waals surface area contributed by atoms with Crippen LogP contribution >= 0.6 is 0 Å². The van der Waals surface area contributed by atoms with Crippen LogP contribution in [0.15, 0.2) is 0 Å². The van der Waals surface area contributed by atoms with E-state index in [-0.39, 0.29) is 0 Å². The van der Waals surface area contributed by atoms with E-state index in [1.54, 1.807) is 0 Å². The lowest BCUT2D eigenvalue weighted by molar-refractivity contribution is 0.572. The molecule has 1 aliphatic rings. The first-order valence-electron chi connectivity index (χ1n) is 3.59. The van der Waals surface area contributed by atoms with Crippen molar-refractivity contribution in [1.82, 2.24) is 0 Å². The van der Waals surface area contributed by atoms with Gasteiger partial charge in [-0.05, 0) is 18.8 Å². The van der Waals surface area contributed by atoms with Crippen LogP contribution in [-0.4, -0.2) is 15.2 Å². The molecule has 0 unspecified atom stereocenters. The lowest BCUT2D eigenvalue weighted by atomic mass is 10.1. The highest BCUT2D eigenvalue weighted by Gasteiger charge is 2.25. The summed E-state index contributed by atoms with van der Waals surface area (Å²) in [5, 5.41) is 0.505. The molecule has 0 aromatic heterocycles. The maximum Gasteiger partial charge on any atom is 0.0371 e. The van der Waals surface area contributed by atoms with Gasteiger partial charge in [-0.15, -0.1) is 0 Å². The monoisotopic (exact) mass is 146 g/mol. The quantitative estimate of drug-likeness (QED) is 0.548. The van der Waals surface area contributed by atoms with Gasteiger partial charge in [-0.1, -0.05) is 13.8 Å². The standard InChI is InChI=1S/C7H14OS/c1-6(2)7-4-3-5-9(7)8/h6-7H,3-5H2,1-2H3/t7-,9+/m1/s1. The number of hydrogen-bond donors (Lipinski definition) is 0. The Balaban J connectivity index is 2.49. The third kappa shape index (κ3) is 1.54. The van der Waals surface area contributed by atoms with Gasteiger partial charge in [0.2, 0.25) is 0 Å². The van der Waals surface area contributed by atoms with Gasteiger partial charge >= 0.3 is 0 Å². The van der Waals surface area contributed by atoms with E-state index in [1.165, 1.54) is 12.8 Å². The molecule has 0 N–H and O–H groups in total. The Morgan fingerprint density at radius 3 is 2.44 bits per heavy atom. The highest BCUT2D eigenvalue weighted by Crippen LogP contribution is 2.22. The summed E-state index contributed by atoms with van der Waals surface area (Å²) < 4.78 is 11.1. The van der Waals surface area contributed by atoms with Gasteiger partial charge < -0.3 is 0 Å². The highest BCUT2D eigenvalue weighted by atomic mass is 32.2. The van der Waals surface area contributed by atoms with E-state index in [1.807, 2.05) is 0 Å². The van der Waals surface area contributed by atoms with Crippen LogP contribution in [0.1, 0.15) is 26.7 Å². The van der Waals surface area contributed by atoms with Gasteiger partial charge in [0.15, 0.2) is 0 Å². The van der Waals surface area contributed by atoms with E-state index in [0.29, 0.717) is 11.2 Å². The normalized spacial score (nSPS) is 35.9. The Morgan fingerprint density at radius 1 is 1.56 bits per heavy atom. The zero-order valence-electron chi connectivity index (χ0n) is 6.09. The second-order valence-corrected chi connectivity index (χ2v) is 4.78. The Labute approximate surface area is 59.3 Å². The molecule has 0 aromatic carbocycles. The average molecular weight is 146 g/mol. The molecule has 1 saturated heterocycles. The van der Waals surface area contributed by atoms with Crippen molar-refractivity contribution >= 4 is 10.8 Å². The van der Waals surface area contributed by atoms with E-state index < -0.39 is 10.8 Å². The summed E-state index contributed by atoms with van der Waals surface area (Å²) in [7, 11) is -0.491. The van der Waals surface area contributed by atoms with Crippen LogP contribution in [0.4, 0.5) is 0 Å². The molecule has 0 spiro atoms. The van der Waals surface area contributed by atoms with Crippen molar-refractivity contribution in [2.24, 2.45) is 5.92 Å². The molecule has 54 valence electrons. The molecule has 0 aliphatic carbocycles. The molecule has 0 saturated carbocycles. The topological polar surface area (TPSA) is 17.1 Å². The molecular weight excluding hydrogens is 132 g/mol. The largest absolute Gasteiger partial charge is 0.259 e. The van der Waals surface area contributed by atoms with Crippen LogP contribution in [0, 0.1) is 5.92 Å². The lowest BCUT2D eigenvalue weighted by Crippen LogP contribution is -2.15. The molecular formula is C7H14OS. The molecule has 0 radical (unpaired) electrons. The van der Waals surface area contributed by atoms with Crippen LogP contribution in [0.3, 0.4) is 0 Å².